The first kappa shape index (κ1) is 17.8. The number of nitrogens with one attached hydrogen (secondary N) is 1. The number of anilines is 1. The van der Waals surface area contributed by atoms with Crippen LogP contribution in [0.5, 0.6) is 5.75 Å². The molecule has 0 heterocycles. The molecule has 2 aromatic rings. The molecular formula is C16H11ClF3NO3. The molecule has 0 spiro atoms. The van der Waals surface area contributed by atoms with Gasteiger partial charge in [0, 0.05) is 5.69 Å². The third-order valence-corrected chi connectivity index (χ3v) is 3.29. The van der Waals surface area contributed by atoms with E-state index in [4.69, 9.17) is 16.3 Å². The van der Waals surface area contributed by atoms with Crippen LogP contribution in [0.25, 0.3) is 0 Å². The smallest absolute Gasteiger partial charge is 0.417 e. The Bertz CT molecular complexity index is 762. The van der Waals surface area contributed by atoms with Crippen LogP contribution in [0.15, 0.2) is 42.5 Å². The zero-order valence-electron chi connectivity index (χ0n) is 12.1. The minimum absolute atomic E-state index is 0.0657. The summed E-state index contributed by atoms with van der Waals surface area (Å²) in [4.78, 5) is 22.6. The standard InChI is InChI=1S/C16H11ClF3NO3/c17-13-6-5-11(7-12(13)16(18,19)20)21-15(23)9-24-14-4-2-1-3-10(14)8-22/h1-8H,9H2,(H,21,23). The average Bonchev–Trinajstić information content (AvgIpc) is 2.54. The lowest BCUT2D eigenvalue weighted by Crippen LogP contribution is -2.21. The fourth-order valence-corrected chi connectivity index (χ4v) is 2.09. The highest BCUT2D eigenvalue weighted by molar-refractivity contribution is 6.31. The largest absolute Gasteiger partial charge is 0.483 e. The number of hydrogen-bond acceptors (Lipinski definition) is 3. The number of rotatable bonds is 5. The Morgan fingerprint density at radius 1 is 1.21 bits per heavy atom. The van der Waals surface area contributed by atoms with Crippen molar-refractivity contribution in [3.05, 3.63) is 58.6 Å². The van der Waals surface area contributed by atoms with E-state index in [1.807, 2.05) is 0 Å². The molecule has 24 heavy (non-hydrogen) atoms. The van der Waals surface area contributed by atoms with Crippen LogP contribution >= 0.6 is 11.6 Å². The van der Waals surface area contributed by atoms with Crippen LogP contribution in [0.4, 0.5) is 18.9 Å². The summed E-state index contributed by atoms with van der Waals surface area (Å²) in [6, 6.07) is 9.28. The summed E-state index contributed by atoms with van der Waals surface area (Å²) in [5, 5.41) is 1.82. The van der Waals surface area contributed by atoms with Crippen LogP contribution < -0.4 is 10.1 Å². The molecule has 0 aliphatic heterocycles. The van der Waals surface area contributed by atoms with E-state index in [1.54, 1.807) is 12.1 Å². The van der Waals surface area contributed by atoms with Crippen LogP contribution in [0.1, 0.15) is 15.9 Å². The van der Waals surface area contributed by atoms with Crippen molar-refractivity contribution in [2.75, 3.05) is 11.9 Å². The van der Waals surface area contributed by atoms with Crippen molar-refractivity contribution in [2.45, 2.75) is 6.18 Å². The molecule has 0 atom stereocenters. The van der Waals surface area contributed by atoms with Crippen molar-refractivity contribution in [1.29, 1.82) is 0 Å². The normalized spacial score (nSPS) is 11.0. The van der Waals surface area contributed by atoms with Crippen molar-refractivity contribution in [3.8, 4) is 5.75 Å². The number of alkyl halides is 3. The molecule has 0 aliphatic carbocycles. The summed E-state index contributed by atoms with van der Waals surface area (Å²) in [6.07, 6.45) is -4.06. The highest BCUT2D eigenvalue weighted by Gasteiger charge is 2.33. The van der Waals surface area contributed by atoms with E-state index in [-0.39, 0.29) is 17.0 Å². The van der Waals surface area contributed by atoms with Gasteiger partial charge in [-0.1, -0.05) is 23.7 Å². The first-order chi connectivity index (χ1) is 11.3. The Kier molecular flexibility index (Phi) is 5.46. The third kappa shape index (κ3) is 4.48. The second-order valence-electron chi connectivity index (χ2n) is 4.68. The van der Waals surface area contributed by atoms with E-state index < -0.39 is 29.3 Å². The molecule has 0 saturated carbocycles. The van der Waals surface area contributed by atoms with Gasteiger partial charge in [0.05, 0.1) is 16.1 Å². The minimum atomic E-state index is -4.63. The molecule has 4 nitrogen and oxygen atoms in total. The Morgan fingerprint density at radius 3 is 2.58 bits per heavy atom. The van der Waals surface area contributed by atoms with Gasteiger partial charge >= 0.3 is 6.18 Å². The number of amides is 1. The Balaban J connectivity index is 2.04. The Labute approximate surface area is 140 Å². The van der Waals surface area contributed by atoms with Gasteiger partial charge in [-0.2, -0.15) is 13.2 Å². The lowest BCUT2D eigenvalue weighted by molar-refractivity contribution is -0.137. The van der Waals surface area contributed by atoms with E-state index in [1.165, 1.54) is 18.2 Å². The second-order valence-corrected chi connectivity index (χ2v) is 5.09. The maximum Gasteiger partial charge on any atom is 0.417 e. The van der Waals surface area contributed by atoms with Crippen molar-refractivity contribution in [2.24, 2.45) is 0 Å². The molecule has 0 aliphatic rings. The molecular weight excluding hydrogens is 347 g/mol. The zero-order valence-corrected chi connectivity index (χ0v) is 12.8. The number of ether oxygens (including phenoxy) is 1. The average molecular weight is 358 g/mol. The van der Waals surface area contributed by atoms with Crippen LogP contribution in [0.2, 0.25) is 5.02 Å². The Morgan fingerprint density at radius 2 is 1.92 bits per heavy atom. The predicted octanol–water partition coefficient (Wildman–Crippen LogP) is 4.19. The zero-order chi connectivity index (χ0) is 17.7. The molecule has 2 rings (SSSR count). The van der Waals surface area contributed by atoms with Crippen LogP contribution in [0, 0.1) is 0 Å². The fourth-order valence-electron chi connectivity index (χ4n) is 1.87. The van der Waals surface area contributed by atoms with Crippen LogP contribution in [0.3, 0.4) is 0 Å². The van der Waals surface area contributed by atoms with Crippen molar-refractivity contribution in [3.63, 3.8) is 0 Å². The molecule has 0 saturated heterocycles. The molecule has 8 heteroatoms. The number of para-hydroxylation sites is 1. The number of carbonyl (C=O) groups excluding carboxylic acids is 2. The van der Waals surface area contributed by atoms with Gasteiger partial charge in [0.15, 0.2) is 12.9 Å². The van der Waals surface area contributed by atoms with Gasteiger partial charge in [-0.3, -0.25) is 9.59 Å². The van der Waals surface area contributed by atoms with Gasteiger partial charge in [-0.05, 0) is 30.3 Å². The SMILES string of the molecule is O=Cc1ccccc1OCC(=O)Nc1ccc(Cl)c(C(F)(F)F)c1. The highest BCUT2D eigenvalue weighted by Crippen LogP contribution is 2.36. The number of hydrogen-bond donors (Lipinski definition) is 1. The molecule has 0 radical (unpaired) electrons. The van der Waals surface area contributed by atoms with Crippen LogP contribution in [-0.4, -0.2) is 18.8 Å². The summed E-state index contributed by atoms with van der Waals surface area (Å²) in [5.41, 5.74) is -0.852. The number of benzene rings is 2. The summed E-state index contributed by atoms with van der Waals surface area (Å²) >= 11 is 5.50. The van der Waals surface area contributed by atoms with Crippen molar-refractivity contribution < 1.29 is 27.5 Å². The van der Waals surface area contributed by atoms with E-state index in [0.717, 1.165) is 12.1 Å². The summed E-state index contributed by atoms with van der Waals surface area (Å²) < 4.78 is 43.5. The molecule has 0 aromatic heterocycles. The molecule has 1 N–H and O–H groups in total. The van der Waals surface area contributed by atoms with Crippen molar-refractivity contribution >= 4 is 29.5 Å². The van der Waals surface area contributed by atoms with Gasteiger partial charge in [-0.15, -0.1) is 0 Å². The molecule has 126 valence electrons. The van der Waals surface area contributed by atoms with E-state index in [2.05, 4.69) is 5.32 Å². The predicted molar refractivity (Wildman–Crippen MR) is 82.4 cm³/mol. The maximum absolute atomic E-state index is 12.8. The molecule has 0 fully saturated rings. The number of carbonyl (C=O) groups is 2. The third-order valence-electron chi connectivity index (χ3n) is 2.96. The monoisotopic (exact) mass is 357 g/mol. The molecule has 0 bridgehead atoms. The highest BCUT2D eigenvalue weighted by atomic mass is 35.5. The van der Waals surface area contributed by atoms with Gasteiger partial charge in [0.1, 0.15) is 5.75 Å². The topological polar surface area (TPSA) is 55.4 Å². The number of halogens is 4. The molecule has 0 unspecified atom stereocenters. The van der Waals surface area contributed by atoms with Crippen molar-refractivity contribution in [1.82, 2.24) is 0 Å². The lowest BCUT2D eigenvalue weighted by Gasteiger charge is -2.12. The van der Waals surface area contributed by atoms with Gasteiger partial charge < -0.3 is 10.1 Å². The second kappa shape index (κ2) is 7.35. The summed E-state index contributed by atoms with van der Waals surface area (Å²) in [7, 11) is 0. The summed E-state index contributed by atoms with van der Waals surface area (Å²) in [6.45, 7) is -0.463. The first-order valence-electron chi connectivity index (χ1n) is 6.65. The van der Waals surface area contributed by atoms with Crippen LogP contribution in [-0.2, 0) is 11.0 Å². The molecule has 2 aromatic carbocycles. The van der Waals surface area contributed by atoms with E-state index in [0.29, 0.717) is 6.29 Å². The molecule has 1 amide bonds. The summed E-state index contributed by atoms with van der Waals surface area (Å²) in [5.74, 6) is -0.471. The Hall–Kier alpha value is -2.54. The van der Waals surface area contributed by atoms with Gasteiger partial charge in [0.25, 0.3) is 5.91 Å². The first-order valence-corrected chi connectivity index (χ1v) is 7.02. The minimum Gasteiger partial charge on any atom is -0.483 e. The lowest BCUT2D eigenvalue weighted by atomic mass is 10.2. The fraction of sp³-hybridized carbons (Fsp3) is 0.125. The van der Waals surface area contributed by atoms with E-state index in [9.17, 15) is 22.8 Å². The van der Waals surface area contributed by atoms with Gasteiger partial charge in [0.2, 0.25) is 0 Å². The maximum atomic E-state index is 12.8. The van der Waals surface area contributed by atoms with E-state index >= 15 is 0 Å². The van der Waals surface area contributed by atoms with Gasteiger partial charge in [-0.25, -0.2) is 0 Å². The number of aldehydes is 1. The quantitative estimate of drug-likeness (QED) is 0.816.